The predicted molar refractivity (Wildman–Crippen MR) is 65.0 cm³/mol. The van der Waals surface area contributed by atoms with Crippen molar-refractivity contribution in [2.45, 2.75) is 26.2 Å². The standard InChI is InChI=1S/C13H13FN2O3/c1-8-5-9(7-10(14)6-8)13-15-11(19-16-13)3-2-4-12(17)18/h5-7H,2-4H2,1H3,(H,17,18). The van der Waals surface area contributed by atoms with E-state index in [4.69, 9.17) is 9.63 Å². The van der Waals surface area contributed by atoms with Crippen LogP contribution in [0, 0.1) is 12.7 Å². The zero-order valence-corrected chi connectivity index (χ0v) is 10.4. The molecular formula is C13H13FN2O3. The first-order valence-corrected chi connectivity index (χ1v) is 5.86. The highest BCUT2D eigenvalue weighted by molar-refractivity contribution is 5.66. The Balaban J connectivity index is 2.09. The van der Waals surface area contributed by atoms with E-state index in [0.29, 0.717) is 30.1 Å². The lowest BCUT2D eigenvalue weighted by Gasteiger charge is -1.97. The molecule has 0 radical (unpaired) electrons. The van der Waals surface area contributed by atoms with E-state index in [1.54, 1.807) is 13.0 Å². The van der Waals surface area contributed by atoms with Crippen molar-refractivity contribution in [3.63, 3.8) is 0 Å². The van der Waals surface area contributed by atoms with Crippen molar-refractivity contribution in [2.24, 2.45) is 0 Å². The summed E-state index contributed by atoms with van der Waals surface area (Å²) in [5.41, 5.74) is 1.32. The monoisotopic (exact) mass is 264 g/mol. The van der Waals surface area contributed by atoms with Gasteiger partial charge < -0.3 is 9.63 Å². The fourth-order valence-electron chi connectivity index (χ4n) is 1.73. The maximum Gasteiger partial charge on any atom is 0.303 e. The van der Waals surface area contributed by atoms with E-state index in [1.807, 2.05) is 0 Å². The molecule has 19 heavy (non-hydrogen) atoms. The smallest absolute Gasteiger partial charge is 0.303 e. The molecule has 0 amide bonds. The van der Waals surface area contributed by atoms with Gasteiger partial charge in [-0.1, -0.05) is 5.16 Å². The van der Waals surface area contributed by atoms with E-state index < -0.39 is 5.97 Å². The molecule has 6 heteroatoms. The van der Waals surface area contributed by atoms with Gasteiger partial charge in [-0.25, -0.2) is 4.39 Å². The minimum atomic E-state index is -0.861. The SMILES string of the molecule is Cc1cc(F)cc(-c2noc(CCCC(=O)O)n2)c1. The van der Waals surface area contributed by atoms with Crippen molar-refractivity contribution in [2.75, 3.05) is 0 Å². The Morgan fingerprint density at radius 2 is 2.21 bits per heavy atom. The molecule has 0 saturated heterocycles. The fraction of sp³-hybridized carbons (Fsp3) is 0.308. The Kier molecular flexibility index (Phi) is 3.89. The van der Waals surface area contributed by atoms with Gasteiger partial charge in [-0.05, 0) is 37.1 Å². The number of aliphatic carboxylic acids is 1. The first-order chi connectivity index (χ1) is 9.04. The molecule has 2 aromatic rings. The number of aryl methyl sites for hydroxylation is 2. The Labute approximate surface area is 109 Å². The number of halogens is 1. The molecule has 0 saturated carbocycles. The van der Waals surface area contributed by atoms with Crippen LogP contribution in [0.1, 0.15) is 24.3 Å². The van der Waals surface area contributed by atoms with Crippen molar-refractivity contribution in [1.82, 2.24) is 10.1 Å². The highest BCUT2D eigenvalue weighted by Crippen LogP contribution is 2.19. The summed E-state index contributed by atoms with van der Waals surface area (Å²) >= 11 is 0. The molecule has 5 nitrogen and oxygen atoms in total. The number of carboxylic acids is 1. The van der Waals surface area contributed by atoms with Crippen LogP contribution in [0.4, 0.5) is 4.39 Å². The first kappa shape index (κ1) is 13.2. The highest BCUT2D eigenvalue weighted by Gasteiger charge is 2.10. The Bertz CT molecular complexity index is 575. The summed E-state index contributed by atoms with van der Waals surface area (Å²) in [7, 11) is 0. The predicted octanol–water partition coefficient (Wildman–Crippen LogP) is 2.59. The second kappa shape index (κ2) is 5.60. The molecule has 2 rings (SSSR count). The molecule has 1 heterocycles. The number of benzene rings is 1. The van der Waals surface area contributed by atoms with Gasteiger partial charge in [0.2, 0.25) is 11.7 Å². The van der Waals surface area contributed by atoms with Crippen LogP contribution >= 0.6 is 0 Å². The molecule has 100 valence electrons. The van der Waals surface area contributed by atoms with Gasteiger partial charge in [0.15, 0.2) is 0 Å². The van der Waals surface area contributed by atoms with Crippen molar-refractivity contribution in [3.8, 4) is 11.4 Å². The van der Waals surface area contributed by atoms with Crippen LogP contribution in [0.5, 0.6) is 0 Å². The molecule has 0 aliphatic rings. The van der Waals surface area contributed by atoms with E-state index in [-0.39, 0.29) is 12.2 Å². The number of aromatic nitrogens is 2. The zero-order chi connectivity index (χ0) is 13.8. The summed E-state index contributed by atoms with van der Waals surface area (Å²) in [5, 5.41) is 12.3. The van der Waals surface area contributed by atoms with Crippen molar-refractivity contribution >= 4 is 5.97 Å². The lowest BCUT2D eigenvalue weighted by molar-refractivity contribution is -0.137. The molecule has 0 aliphatic carbocycles. The van der Waals surface area contributed by atoms with Gasteiger partial charge in [0.05, 0.1) is 0 Å². The van der Waals surface area contributed by atoms with Crippen LogP contribution in [0.3, 0.4) is 0 Å². The minimum absolute atomic E-state index is 0.0524. The van der Waals surface area contributed by atoms with Crippen LogP contribution in [0.2, 0.25) is 0 Å². The summed E-state index contributed by atoms with van der Waals surface area (Å²) < 4.78 is 18.3. The second-order valence-corrected chi connectivity index (χ2v) is 4.28. The largest absolute Gasteiger partial charge is 0.481 e. The van der Waals surface area contributed by atoms with Gasteiger partial charge in [0, 0.05) is 18.4 Å². The molecule has 1 aromatic heterocycles. The quantitative estimate of drug-likeness (QED) is 0.898. The van der Waals surface area contributed by atoms with Crippen molar-refractivity contribution in [3.05, 3.63) is 35.5 Å². The lowest BCUT2D eigenvalue weighted by atomic mass is 10.1. The Hall–Kier alpha value is -2.24. The summed E-state index contributed by atoms with van der Waals surface area (Å²) in [6, 6.07) is 4.51. The van der Waals surface area contributed by atoms with E-state index >= 15 is 0 Å². The van der Waals surface area contributed by atoms with Crippen LogP contribution in [-0.2, 0) is 11.2 Å². The Morgan fingerprint density at radius 3 is 2.89 bits per heavy atom. The van der Waals surface area contributed by atoms with Crippen LogP contribution in [-0.4, -0.2) is 21.2 Å². The average Bonchev–Trinajstić information content (AvgIpc) is 2.76. The minimum Gasteiger partial charge on any atom is -0.481 e. The van der Waals surface area contributed by atoms with E-state index in [2.05, 4.69) is 10.1 Å². The Morgan fingerprint density at radius 1 is 1.42 bits per heavy atom. The van der Waals surface area contributed by atoms with Gasteiger partial charge in [-0.15, -0.1) is 0 Å². The van der Waals surface area contributed by atoms with Crippen LogP contribution in [0.15, 0.2) is 22.7 Å². The van der Waals surface area contributed by atoms with Gasteiger partial charge in [0.1, 0.15) is 5.82 Å². The number of carboxylic acid groups (broad SMARTS) is 1. The number of nitrogens with zero attached hydrogens (tertiary/aromatic N) is 2. The fourth-order valence-corrected chi connectivity index (χ4v) is 1.73. The second-order valence-electron chi connectivity index (χ2n) is 4.28. The summed E-state index contributed by atoms with van der Waals surface area (Å²) in [6.07, 6.45) is 0.879. The topological polar surface area (TPSA) is 76.2 Å². The van der Waals surface area contributed by atoms with Gasteiger partial charge in [0.25, 0.3) is 0 Å². The molecule has 0 bridgehead atoms. The molecule has 0 fully saturated rings. The number of hydrogen-bond acceptors (Lipinski definition) is 4. The molecule has 0 unspecified atom stereocenters. The third-order valence-electron chi connectivity index (χ3n) is 2.55. The van der Waals surface area contributed by atoms with Crippen molar-refractivity contribution < 1.29 is 18.8 Å². The molecule has 1 aromatic carbocycles. The van der Waals surface area contributed by atoms with Gasteiger partial charge in [-0.3, -0.25) is 4.79 Å². The number of carbonyl (C=O) groups is 1. The number of rotatable bonds is 5. The van der Waals surface area contributed by atoms with Crippen LogP contribution < -0.4 is 0 Å². The normalized spacial score (nSPS) is 10.6. The molecule has 0 spiro atoms. The molecule has 0 aliphatic heterocycles. The number of hydrogen-bond donors (Lipinski definition) is 1. The van der Waals surface area contributed by atoms with E-state index in [9.17, 15) is 9.18 Å². The van der Waals surface area contributed by atoms with E-state index in [1.165, 1.54) is 12.1 Å². The van der Waals surface area contributed by atoms with E-state index in [0.717, 1.165) is 5.56 Å². The lowest BCUT2D eigenvalue weighted by Crippen LogP contribution is -1.96. The van der Waals surface area contributed by atoms with Crippen LogP contribution in [0.25, 0.3) is 11.4 Å². The van der Waals surface area contributed by atoms with Gasteiger partial charge >= 0.3 is 5.97 Å². The third-order valence-corrected chi connectivity index (χ3v) is 2.55. The third kappa shape index (κ3) is 3.61. The highest BCUT2D eigenvalue weighted by atomic mass is 19.1. The molecular weight excluding hydrogens is 251 g/mol. The maximum absolute atomic E-state index is 13.3. The summed E-state index contributed by atoms with van der Waals surface area (Å²) in [6.45, 7) is 1.78. The summed E-state index contributed by atoms with van der Waals surface area (Å²) in [5.74, 6) is -0.543. The molecule has 0 atom stereocenters. The first-order valence-electron chi connectivity index (χ1n) is 5.86. The zero-order valence-electron chi connectivity index (χ0n) is 10.4. The summed E-state index contributed by atoms with van der Waals surface area (Å²) in [4.78, 5) is 14.5. The van der Waals surface area contributed by atoms with Crippen molar-refractivity contribution in [1.29, 1.82) is 0 Å². The maximum atomic E-state index is 13.3. The molecule has 1 N–H and O–H groups in total. The average molecular weight is 264 g/mol. The van der Waals surface area contributed by atoms with Gasteiger partial charge in [-0.2, -0.15) is 4.98 Å².